The van der Waals surface area contributed by atoms with Crippen LogP contribution in [-0.4, -0.2) is 16.3 Å². The molecule has 0 atom stereocenters. The van der Waals surface area contributed by atoms with Crippen LogP contribution in [0, 0.1) is 17.1 Å². The summed E-state index contributed by atoms with van der Waals surface area (Å²) >= 11 is 3.18. The molecule has 1 aromatic carbocycles. The average Bonchev–Trinajstić information content (AvgIpc) is 2.69. The van der Waals surface area contributed by atoms with Crippen molar-refractivity contribution in [3.8, 4) is 17.3 Å². The molecule has 17 heavy (non-hydrogen) atoms. The Morgan fingerprint density at radius 2 is 2.24 bits per heavy atom. The zero-order chi connectivity index (χ0) is 12.4. The summed E-state index contributed by atoms with van der Waals surface area (Å²) < 4.78 is 13.7. The zero-order valence-corrected chi connectivity index (χ0v) is 9.95. The Labute approximate surface area is 104 Å². The minimum atomic E-state index is -0.526. The second-order valence-corrected chi connectivity index (χ2v) is 4.04. The third kappa shape index (κ3) is 2.24. The molecule has 1 aromatic heterocycles. The monoisotopic (exact) mass is 293 g/mol. The van der Waals surface area contributed by atoms with E-state index in [9.17, 15) is 9.18 Å². The highest BCUT2D eigenvalue weighted by molar-refractivity contribution is 9.10. The molecule has 0 saturated carbocycles. The molecule has 4 nitrogen and oxygen atoms in total. The van der Waals surface area contributed by atoms with Crippen LogP contribution >= 0.6 is 15.9 Å². The highest BCUT2D eigenvalue weighted by Gasteiger charge is 2.11. The molecule has 0 fully saturated rings. The Morgan fingerprint density at radius 3 is 2.82 bits per heavy atom. The minimum Gasteiger partial charge on any atom is -0.330 e. The first-order chi connectivity index (χ1) is 8.13. The zero-order valence-electron chi connectivity index (χ0n) is 8.37. The molecular formula is C11H5BrFN3O. The molecule has 0 saturated heterocycles. The molecule has 6 heteroatoms. The van der Waals surface area contributed by atoms with Gasteiger partial charge in [0.15, 0.2) is 12.1 Å². The van der Waals surface area contributed by atoms with Crippen LogP contribution < -0.4 is 0 Å². The van der Waals surface area contributed by atoms with Crippen molar-refractivity contribution in [3.05, 3.63) is 40.0 Å². The van der Waals surface area contributed by atoms with Gasteiger partial charge in [0.1, 0.15) is 16.1 Å². The summed E-state index contributed by atoms with van der Waals surface area (Å²) in [6.07, 6.45) is 0.554. The number of rotatable bonds is 2. The van der Waals surface area contributed by atoms with Crippen molar-refractivity contribution in [2.45, 2.75) is 0 Å². The molecule has 0 radical (unpaired) electrons. The molecule has 0 aliphatic rings. The number of aldehydes is 1. The van der Waals surface area contributed by atoms with Gasteiger partial charge in [-0.3, -0.25) is 4.79 Å². The number of nitriles is 1. The number of imidazole rings is 1. The number of aromatic nitrogens is 2. The van der Waals surface area contributed by atoms with Gasteiger partial charge in [-0.15, -0.1) is 0 Å². The number of hydrogen-bond donors (Lipinski definition) is 1. The van der Waals surface area contributed by atoms with Gasteiger partial charge in [0.05, 0.1) is 11.6 Å². The van der Waals surface area contributed by atoms with Crippen LogP contribution in [0.3, 0.4) is 0 Å². The second kappa shape index (κ2) is 4.47. The summed E-state index contributed by atoms with van der Waals surface area (Å²) in [6.45, 7) is 0. The van der Waals surface area contributed by atoms with Crippen LogP contribution in [0.5, 0.6) is 0 Å². The topological polar surface area (TPSA) is 69.5 Å². The van der Waals surface area contributed by atoms with E-state index in [1.54, 1.807) is 0 Å². The molecule has 1 N–H and O–H groups in total. The number of nitrogens with one attached hydrogen (secondary N) is 1. The lowest BCUT2D eigenvalue weighted by atomic mass is 10.1. The number of hydrogen-bond acceptors (Lipinski definition) is 3. The van der Waals surface area contributed by atoms with Gasteiger partial charge in [0.25, 0.3) is 0 Å². The van der Waals surface area contributed by atoms with Crippen molar-refractivity contribution >= 4 is 22.2 Å². The molecule has 0 unspecified atom stereocenters. The predicted octanol–water partition coefficient (Wildman–Crippen LogP) is 2.66. The van der Waals surface area contributed by atoms with E-state index in [0.29, 0.717) is 22.1 Å². The van der Waals surface area contributed by atoms with E-state index in [4.69, 9.17) is 5.26 Å². The predicted molar refractivity (Wildman–Crippen MR) is 61.8 cm³/mol. The summed E-state index contributed by atoms with van der Waals surface area (Å²) in [6, 6.07) is 5.73. The Bertz CT molecular complexity index is 630. The smallest absolute Gasteiger partial charge is 0.185 e. The summed E-state index contributed by atoms with van der Waals surface area (Å²) in [4.78, 5) is 17.2. The average molecular weight is 294 g/mol. The van der Waals surface area contributed by atoms with Crippen LogP contribution in [0.25, 0.3) is 11.3 Å². The van der Waals surface area contributed by atoms with E-state index >= 15 is 0 Å². The van der Waals surface area contributed by atoms with Gasteiger partial charge in [-0.1, -0.05) is 0 Å². The van der Waals surface area contributed by atoms with E-state index < -0.39 is 5.82 Å². The maximum Gasteiger partial charge on any atom is 0.185 e. The van der Waals surface area contributed by atoms with E-state index in [0.717, 1.165) is 6.07 Å². The normalized spacial score (nSPS) is 9.94. The van der Waals surface area contributed by atoms with Crippen molar-refractivity contribution in [3.63, 3.8) is 0 Å². The van der Waals surface area contributed by atoms with Gasteiger partial charge in [-0.2, -0.15) is 5.26 Å². The third-order valence-corrected chi connectivity index (χ3v) is 2.66. The number of nitrogens with zero attached hydrogens (tertiary/aromatic N) is 2. The van der Waals surface area contributed by atoms with Crippen LogP contribution in [-0.2, 0) is 0 Å². The summed E-state index contributed by atoms with van der Waals surface area (Å²) in [7, 11) is 0. The number of aromatic amines is 1. The first-order valence-corrected chi connectivity index (χ1v) is 5.35. The molecule has 84 valence electrons. The van der Waals surface area contributed by atoms with Gasteiger partial charge >= 0.3 is 0 Å². The Morgan fingerprint density at radius 1 is 1.47 bits per heavy atom. The SMILES string of the molecule is N#Cc1cc(F)cc(-c2nc(C=O)[nH]c2Br)c1. The summed E-state index contributed by atoms with van der Waals surface area (Å²) in [5.74, 6) is -0.392. The number of carbonyl (C=O) groups excluding carboxylic acids is 1. The Kier molecular flexibility index (Phi) is 3.02. The fourth-order valence-corrected chi connectivity index (χ4v) is 1.93. The van der Waals surface area contributed by atoms with Crippen LogP contribution in [0.15, 0.2) is 22.8 Å². The molecule has 1 heterocycles. The van der Waals surface area contributed by atoms with E-state index in [1.165, 1.54) is 12.1 Å². The fraction of sp³-hybridized carbons (Fsp3) is 0. The van der Waals surface area contributed by atoms with Crippen molar-refractivity contribution < 1.29 is 9.18 Å². The first-order valence-electron chi connectivity index (χ1n) is 4.56. The molecule has 2 aromatic rings. The molecule has 0 amide bonds. The maximum absolute atomic E-state index is 13.2. The number of H-pyrrole nitrogens is 1. The van der Waals surface area contributed by atoms with Crippen molar-refractivity contribution in [1.29, 1.82) is 5.26 Å². The van der Waals surface area contributed by atoms with Crippen molar-refractivity contribution in [2.24, 2.45) is 0 Å². The lowest BCUT2D eigenvalue weighted by molar-refractivity contribution is 0.111. The lowest BCUT2D eigenvalue weighted by Gasteiger charge is -1.99. The van der Waals surface area contributed by atoms with E-state index in [1.807, 2.05) is 6.07 Å². The van der Waals surface area contributed by atoms with Crippen LogP contribution in [0.2, 0.25) is 0 Å². The first kappa shape index (κ1) is 11.5. The van der Waals surface area contributed by atoms with E-state index in [-0.39, 0.29) is 11.4 Å². The fourth-order valence-electron chi connectivity index (χ4n) is 1.41. The number of halogens is 2. The highest BCUT2D eigenvalue weighted by Crippen LogP contribution is 2.27. The second-order valence-electron chi connectivity index (χ2n) is 3.24. The Hall–Kier alpha value is -2.00. The molecule has 0 aliphatic heterocycles. The van der Waals surface area contributed by atoms with Gasteiger partial charge in [-0.05, 0) is 34.1 Å². The highest BCUT2D eigenvalue weighted by atomic mass is 79.9. The van der Waals surface area contributed by atoms with Gasteiger partial charge < -0.3 is 4.98 Å². The maximum atomic E-state index is 13.2. The standard InChI is InChI=1S/C11H5BrFN3O/c12-11-10(15-9(5-17)16-11)7-1-6(4-14)2-8(13)3-7/h1-3,5H,(H,15,16). The van der Waals surface area contributed by atoms with Crippen molar-refractivity contribution in [2.75, 3.05) is 0 Å². The minimum absolute atomic E-state index is 0.134. The molecular weight excluding hydrogens is 289 g/mol. The van der Waals surface area contributed by atoms with Crippen molar-refractivity contribution in [1.82, 2.24) is 9.97 Å². The number of carbonyl (C=O) groups is 1. The molecule has 0 aliphatic carbocycles. The summed E-state index contributed by atoms with van der Waals surface area (Å²) in [5, 5.41) is 8.74. The molecule has 0 bridgehead atoms. The van der Waals surface area contributed by atoms with Gasteiger partial charge in [0, 0.05) is 5.56 Å². The largest absolute Gasteiger partial charge is 0.330 e. The third-order valence-electron chi connectivity index (χ3n) is 2.09. The number of benzene rings is 1. The molecule has 0 spiro atoms. The van der Waals surface area contributed by atoms with Crippen LogP contribution in [0.1, 0.15) is 16.2 Å². The molecule has 2 rings (SSSR count). The Balaban J connectivity index is 2.60. The lowest BCUT2D eigenvalue weighted by Crippen LogP contribution is -1.86. The van der Waals surface area contributed by atoms with Gasteiger partial charge in [-0.25, -0.2) is 9.37 Å². The van der Waals surface area contributed by atoms with Gasteiger partial charge in [0.2, 0.25) is 0 Å². The van der Waals surface area contributed by atoms with Crippen LogP contribution in [0.4, 0.5) is 4.39 Å². The quantitative estimate of drug-likeness (QED) is 0.866. The summed E-state index contributed by atoms with van der Waals surface area (Å²) in [5.41, 5.74) is 1.02. The van der Waals surface area contributed by atoms with E-state index in [2.05, 4.69) is 25.9 Å².